The highest BCUT2D eigenvalue weighted by Gasteiger charge is 2.32. The SMILES string of the molecule is Cc1ccc(S(=O)(=O)CCCC(C(=O)CCC(NC(=N)N)C(=O)O)C(=O)OC(C)(C)C)cc1. The summed E-state index contributed by atoms with van der Waals surface area (Å²) >= 11 is 0. The maximum absolute atomic E-state index is 12.8. The summed E-state index contributed by atoms with van der Waals surface area (Å²) in [5, 5.41) is 18.6. The minimum Gasteiger partial charge on any atom is -0.480 e. The lowest BCUT2D eigenvalue weighted by Gasteiger charge is -2.24. The van der Waals surface area contributed by atoms with Gasteiger partial charge in [-0.1, -0.05) is 17.7 Å². The lowest BCUT2D eigenvalue weighted by molar-refractivity contribution is -0.162. The van der Waals surface area contributed by atoms with E-state index in [0.29, 0.717) is 0 Å². The molecule has 33 heavy (non-hydrogen) atoms. The van der Waals surface area contributed by atoms with Crippen molar-refractivity contribution in [1.82, 2.24) is 5.32 Å². The first-order chi connectivity index (χ1) is 15.1. The van der Waals surface area contributed by atoms with E-state index >= 15 is 0 Å². The molecule has 0 aliphatic heterocycles. The molecule has 0 saturated carbocycles. The Bertz CT molecular complexity index is 967. The zero-order chi connectivity index (χ0) is 25.4. The second kappa shape index (κ2) is 11.8. The van der Waals surface area contributed by atoms with Crippen molar-refractivity contribution in [2.75, 3.05) is 5.75 Å². The monoisotopic (exact) mass is 483 g/mol. The lowest BCUT2D eigenvalue weighted by atomic mass is 9.94. The van der Waals surface area contributed by atoms with Crippen LogP contribution in [0.15, 0.2) is 29.2 Å². The van der Waals surface area contributed by atoms with E-state index in [2.05, 4.69) is 5.32 Å². The molecule has 5 N–H and O–H groups in total. The van der Waals surface area contributed by atoms with Crippen LogP contribution in [0.5, 0.6) is 0 Å². The normalized spacial score (nSPS) is 13.6. The van der Waals surface area contributed by atoms with Gasteiger partial charge in [0.25, 0.3) is 0 Å². The Morgan fingerprint density at radius 2 is 1.73 bits per heavy atom. The summed E-state index contributed by atoms with van der Waals surface area (Å²) in [6.07, 6.45) is -0.503. The van der Waals surface area contributed by atoms with Gasteiger partial charge in [-0.05, 0) is 59.1 Å². The van der Waals surface area contributed by atoms with E-state index < -0.39 is 51.1 Å². The molecule has 1 aromatic rings. The molecule has 0 radical (unpaired) electrons. The van der Waals surface area contributed by atoms with Gasteiger partial charge in [0.2, 0.25) is 0 Å². The second-order valence-electron chi connectivity index (χ2n) is 8.81. The van der Waals surface area contributed by atoms with Gasteiger partial charge in [-0.3, -0.25) is 15.0 Å². The molecule has 0 bridgehead atoms. The number of hydrogen-bond acceptors (Lipinski definition) is 7. The minimum atomic E-state index is -3.60. The number of Topliss-reactive ketones (excluding diaryl/α,β-unsaturated/α-hetero) is 1. The summed E-state index contributed by atoms with van der Waals surface area (Å²) < 4.78 is 30.5. The molecule has 0 heterocycles. The zero-order valence-electron chi connectivity index (χ0n) is 19.4. The number of ketones is 1. The Labute approximate surface area is 194 Å². The number of ether oxygens (including phenoxy) is 1. The fraction of sp³-hybridized carbons (Fsp3) is 0.545. The number of carbonyl (C=O) groups excluding carboxylic acids is 2. The molecule has 0 aliphatic rings. The van der Waals surface area contributed by atoms with Gasteiger partial charge in [0.05, 0.1) is 10.6 Å². The Kier molecular flexibility index (Phi) is 10.0. The predicted octanol–water partition coefficient (Wildman–Crippen LogP) is 1.79. The van der Waals surface area contributed by atoms with Crippen molar-refractivity contribution >= 4 is 33.5 Å². The van der Waals surface area contributed by atoms with Crippen LogP contribution < -0.4 is 11.1 Å². The van der Waals surface area contributed by atoms with Crippen LogP contribution in [0.3, 0.4) is 0 Å². The van der Waals surface area contributed by atoms with E-state index in [1.165, 1.54) is 12.1 Å². The van der Waals surface area contributed by atoms with E-state index in [9.17, 15) is 27.9 Å². The molecule has 184 valence electrons. The largest absolute Gasteiger partial charge is 0.480 e. The van der Waals surface area contributed by atoms with E-state index in [1.54, 1.807) is 32.9 Å². The summed E-state index contributed by atoms with van der Waals surface area (Å²) in [4.78, 5) is 36.9. The number of nitrogens with one attached hydrogen (secondary N) is 2. The molecular weight excluding hydrogens is 450 g/mol. The Morgan fingerprint density at radius 3 is 2.21 bits per heavy atom. The van der Waals surface area contributed by atoms with Crippen LogP contribution >= 0.6 is 0 Å². The average molecular weight is 484 g/mol. The molecule has 1 rings (SSSR count). The molecule has 11 heteroatoms. The van der Waals surface area contributed by atoms with Gasteiger partial charge < -0.3 is 20.9 Å². The standard InChI is InChI=1S/C22H33N3O7S/c1-14-7-9-15(10-8-14)33(30,31)13-5-6-16(20(29)32-22(2,3)4)18(26)12-11-17(19(27)28)25-21(23)24/h7-10,16-17H,5-6,11-13H2,1-4H3,(H,27,28)(H4,23,24,25). The molecule has 10 nitrogen and oxygen atoms in total. The van der Waals surface area contributed by atoms with E-state index in [0.717, 1.165) is 5.56 Å². The van der Waals surface area contributed by atoms with Crippen LogP contribution in [0.2, 0.25) is 0 Å². The summed E-state index contributed by atoms with van der Waals surface area (Å²) in [7, 11) is -3.60. The van der Waals surface area contributed by atoms with Crippen molar-refractivity contribution in [3.63, 3.8) is 0 Å². The summed E-state index contributed by atoms with van der Waals surface area (Å²) in [5.41, 5.74) is 5.23. The first-order valence-electron chi connectivity index (χ1n) is 10.5. The summed E-state index contributed by atoms with van der Waals surface area (Å²) in [6, 6.07) is 5.12. The molecule has 0 amide bonds. The van der Waals surface area contributed by atoms with Gasteiger partial charge >= 0.3 is 11.9 Å². The van der Waals surface area contributed by atoms with Crippen LogP contribution in [-0.2, 0) is 29.0 Å². The number of guanidine groups is 1. The van der Waals surface area contributed by atoms with Crippen molar-refractivity contribution in [1.29, 1.82) is 5.41 Å². The number of sulfone groups is 1. The number of aliphatic carboxylic acids is 1. The van der Waals surface area contributed by atoms with Gasteiger partial charge in [-0.15, -0.1) is 0 Å². The molecule has 0 fully saturated rings. The van der Waals surface area contributed by atoms with Crippen molar-refractivity contribution in [3.05, 3.63) is 29.8 Å². The van der Waals surface area contributed by atoms with Crippen molar-refractivity contribution in [2.24, 2.45) is 11.7 Å². The van der Waals surface area contributed by atoms with Crippen molar-refractivity contribution in [3.8, 4) is 0 Å². The number of carbonyl (C=O) groups is 3. The van der Waals surface area contributed by atoms with Gasteiger partial charge in [-0.25, -0.2) is 13.2 Å². The number of hydrogen-bond donors (Lipinski definition) is 4. The second-order valence-corrected chi connectivity index (χ2v) is 10.9. The number of carboxylic acid groups (broad SMARTS) is 1. The third-order valence-electron chi connectivity index (χ3n) is 4.67. The Balaban J connectivity index is 2.90. The first kappa shape index (κ1) is 28.1. The quantitative estimate of drug-likeness (QED) is 0.149. The lowest BCUT2D eigenvalue weighted by Crippen LogP contribution is -2.44. The third-order valence-corrected chi connectivity index (χ3v) is 6.49. The third kappa shape index (κ3) is 10.0. The Hall–Kier alpha value is -2.95. The van der Waals surface area contributed by atoms with Crippen molar-refractivity contribution in [2.45, 2.75) is 69.9 Å². The molecule has 0 aromatic heterocycles. The van der Waals surface area contributed by atoms with E-state index in [4.69, 9.17) is 15.9 Å². The zero-order valence-corrected chi connectivity index (χ0v) is 20.2. The van der Waals surface area contributed by atoms with Gasteiger partial charge in [0.1, 0.15) is 23.3 Å². The number of carboxylic acids is 1. The van der Waals surface area contributed by atoms with Gasteiger partial charge in [0.15, 0.2) is 15.8 Å². The molecule has 2 atom stereocenters. The molecular formula is C22H33N3O7S. The maximum atomic E-state index is 12.8. The highest BCUT2D eigenvalue weighted by molar-refractivity contribution is 7.91. The average Bonchev–Trinajstić information content (AvgIpc) is 2.66. The highest BCUT2D eigenvalue weighted by atomic mass is 32.2. The minimum absolute atomic E-state index is 0.0416. The predicted molar refractivity (Wildman–Crippen MR) is 123 cm³/mol. The molecule has 1 aromatic carbocycles. The number of rotatable bonds is 12. The first-order valence-corrected chi connectivity index (χ1v) is 12.2. The van der Waals surface area contributed by atoms with Gasteiger partial charge in [-0.2, -0.15) is 0 Å². The molecule has 0 aliphatic carbocycles. The van der Waals surface area contributed by atoms with E-state index in [-0.39, 0.29) is 36.3 Å². The molecule has 0 spiro atoms. The van der Waals surface area contributed by atoms with E-state index in [1.807, 2.05) is 6.92 Å². The number of benzene rings is 1. The Morgan fingerprint density at radius 1 is 1.15 bits per heavy atom. The van der Waals surface area contributed by atoms with Crippen LogP contribution in [0.4, 0.5) is 0 Å². The number of esters is 1. The van der Waals surface area contributed by atoms with Crippen LogP contribution in [0, 0.1) is 18.3 Å². The summed E-state index contributed by atoms with van der Waals surface area (Å²) in [5.74, 6) is -4.69. The van der Waals surface area contributed by atoms with Crippen LogP contribution in [-0.4, -0.2) is 54.6 Å². The fourth-order valence-corrected chi connectivity index (χ4v) is 4.36. The molecule has 0 saturated heterocycles. The fourth-order valence-electron chi connectivity index (χ4n) is 3.03. The van der Waals surface area contributed by atoms with Crippen LogP contribution in [0.25, 0.3) is 0 Å². The smallest absolute Gasteiger partial charge is 0.326 e. The molecule has 2 unspecified atom stereocenters. The van der Waals surface area contributed by atoms with Gasteiger partial charge in [0, 0.05) is 6.42 Å². The van der Waals surface area contributed by atoms with Crippen molar-refractivity contribution < 1.29 is 32.6 Å². The van der Waals surface area contributed by atoms with Crippen LogP contribution in [0.1, 0.15) is 52.0 Å². The number of nitrogens with two attached hydrogens (primary N) is 1. The number of aryl methyl sites for hydroxylation is 1. The summed E-state index contributed by atoms with van der Waals surface area (Å²) in [6.45, 7) is 6.77. The topological polar surface area (TPSA) is 177 Å². The highest BCUT2D eigenvalue weighted by Crippen LogP contribution is 2.21. The maximum Gasteiger partial charge on any atom is 0.326 e.